The molecule has 0 bridgehead atoms. The SMILES string of the molecule is CCNC(=O)CN1CCN(S(=O)(=O)c2cnc(C)[nH]2)CC1. The lowest BCUT2D eigenvalue weighted by molar-refractivity contribution is -0.122. The fourth-order valence-electron chi connectivity index (χ4n) is 2.25. The summed E-state index contributed by atoms with van der Waals surface area (Å²) >= 11 is 0. The largest absolute Gasteiger partial charge is 0.355 e. The molecule has 8 nitrogen and oxygen atoms in total. The number of nitrogens with one attached hydrogen (secondary N) is 2. The van der Waals surface area contributed by atoms with Crippen molar-refractivity contribution in [2.75, 3.05) is 39.3 Å². The maximum absolute atomic E-state index is 12.4. The van der Waals surface area contributed by atoms with Crippen molar-refractivity contribution in [2.45, 2.75) is 18.9 Å². The molecular weight excluding hydrogens is 294 g/mol. The highest BCUT2D eigenvalue weighted by molar-refractivity contribution is 7.89. The van der Waals surface area contributed by atoms with E-state index in [0.717, 1.165) is 0 Å². The molecule has 1 aliphatic heterocycles. The summed E-state index contributed by atoms with van der Waals surface area (Å²) in [6, 6.07) is 0. The smallest absolute Gasteiger partial charge is 0.260 e. The van der Waals surface area contributed by atoms with E-state index in [1.54, 1.807) is 6.92 Å². The van der Waals surface area contributed by atoms with Gasteiger partial charge in [0, 0.05) is 32.7 Å². The van der Waals surface area contributed by atoms with Crippen LogP contribution in [-0.2, 0) is 14.8 Å². The van der Waals surface area contributed by atoms with E-state index in [1.165, 1.54) is 10.5 Å². The summed E-state index contributed by atoms with van der Waals surface area (Å²) in [5, 5.41) is 2.86. The normalized spacial score (nSPS) is 17.8. The van der Waals surface area contributed by atoms with Gasteiger partial charge in [-0.15, -0.1) is 0 Å². The first-order chi connectivity index (χ1) is 9.93. The lowest BCUT2D eigenvalue weighted by atomic mass is 10.3. The average molecular weight is 315 g/mol. The number of likely N-dealkylation sites (N-methyl/N-ethyl adjacent to an activating group) is 1. The van der Waals surface area contributed by atoms with Crippen LogP contribution in [0.15, 0.2) is 11.2 Å². The number of aromatic amines is 1. The number of piperazine rings is 1. The van der Waals surface area contributed by atoms with Crippen LogP contribution in [-0.4, -0.2) is 72.8 Å². The van der Waals surface area contributed by atoms with Gasteiger partial charge in [-0.05, 0) is 13.8 Å². The minimum atomic E-state index is -3.52. The van der Waals surface area contributed by atoms with Crippen LogP contribution in [0, 0.1) is 6.92 Å². The molecule has 21 heavy (non-hydrogen) atoms. The second-order valence-corrected chi connectivity index (χ2v) is 6.87. The van der Waals surface area contributed by atoms with E-state index in [9.17, 15) is 13.2 Å². The van der Waals surface area contributed by atoms with Crippen molar-refractivity contribution in [3.05, 3.63) is 12.0 Å². The molecule has 0 spiro atoms. The summed E-state index contributed by atoms with van der Waals surface area (Å²) in [6.07, 6.45) is 1.34. The number of rotatable bonds is 5. The van der Waals surface area contributed by atoms with Gasteiger partial charge in [-0.1, -0.05) is 0 Å². The van der Waals surface area contributed by atoms with E-state index in [4.69, 9.17) is 0 Å². The van der Waals surface area contributed by atoms with Gasteiger partial charge in [-0.2, -0.15) is 4.31 Å². The zero-order chi connectivity index (χ0) is 15.5. The number of sulfonamides is 1. The second-order valence-electron chi connectivity index (χ2n) is 4.97. The lowest BCUT2D eigenvalue weighted by Gasteiger charge is -2.33. The van der Waals surface area contributed by atoms with Gasteiger partial charge in [0.25, 0.3) is 10.0 Å². The molecule has 2 N–H and O–H groups in total. The zero-order valence-corrected chi connectivity index (χ0v) is 13.1. The molecule has 0 saturated carbocycles. The molecule has 0 aromatic carbocycles. The average Bonchev–Trinajstić information content (AvgIpc) is 2.87. The molecule has 1 fully saturated rings. The number of imidazole rings is 1. The van der Waals surface area contributed by atoms with Crippen molar-refractivity contribution in [3.8, 4) is 0 Å². The molecule has 1 saturated heterocycles. The van der Waals surface area contributed by atoms with E-state index in [2.05, 4.69) is 15.3 Å². The molecule has 1 aromatic rings. The highest BCUT2D eigenvalue weighted by Gasteiger charge is 2.30. The highest BCUT2D eigenvalue weighted by Crippen LogP contribution is 2.15. The molecule has 0 atom stereocenters. The van der Waals surface area contributed by atoms with Gasteiger partial charge in [0.2, 0.25) is 5.91 Å². The van der Waals surface area contributed by atoms with E-state index >= 15 is 0 Å². The molecule has 1 amide bonds. The molecular formula is C12H21N5O3S. The third-order valence-corrected chi connectivity index (χ3v) is 5.18. The Morgan fingerprint density at radius 1 is 1.38 bits per heavy atom. The van der Waals surface area contributed by atoms with Gasteiger partial charge >= 0.3 is 0 Å². The maximum Gasteiger partial charge on any atom is 0.260 e. The first-order valence-corrected chi connectivity index (χ1v) is 8.38. The summed E-state index contributed by atoms with van der Waals surface area (Å²) in [5.74, 6) is 0.543. The molecule has 0 aliphatic carbocycles. The number of nitrogens with zero attached hydrogens (tertiary/aromatic N) is 3. The fraction of sp³-hybridized carbons (Fsp3) is 0.667. The number of hydrogen-bond acceptors (Lipinski definition) is 5. The predicted octanol–water partition coefficient (Wildman–Crippen LogP) is -0.839. The summed E-state index contributed by atoms with van der Waals surface area (Å²) in [7, 11) is -3.52. The molecule has 1 aromatic heterocycles. The standard InChI is InChI=1S/C12H21N5O3S/c1-3-13-11(18)9-16-4-6-17(7-5-16)21(19,20)12-8-14-10(2)15-12/h8H,3-7,9H2,1-2H3,(H,13,18)(H,14,15). The van der Waals surface area contributed by atoms with E-state index in [-0.39, 0.29) is 10.9 Å². The lowest BCUT2D eigenvalue weighted by Crippen LogP contribution is -2.51. The Morgan fingerprint density at radius 2 is 2.05 bits per heavy atom. The first kappa shape index (κ1) is 15.9. The number of hydrogen-bond donors (Lipinski definition) is 2. The topological polar surface area (TPSA) is 98.4 Å². The Balaban J connectivity index is 1.93. The summed E-state index contributed by atoms with van der Waals surface area (Å²) in [4.78, 5) is 20.2. The molecule has 1 aliphatic rings. The van der Waals surface area contributed by atoms with Crippen LogP contribution in [0.5, 0.6) is 0 Å². The Kier molecular flexibility index (Phi) is 4.96. The van der Waals surface area contributed by atoms with E-state index < -0.39 is 10.0 Å². The van der Waals surface area contributed by atoms with Crippen LogP contribution in [0.1, 0.15) is 12.7 Å². The fourth-order valence-corrected chi connectivity index (χ4v) is 3.64. The van der Waals surface area contributed by atoms with Crippen LogP contribution in [0.25, 0.3) is 0 Å². The summed E-state index contributed by atoms with van der Waals surface area (Å²) < 4.78 is 26.2. The highest BCUT2D eigenvalue weighted by atomic mass is 32.2. The van der Waals surface area contributed by atoms with Crippen molar-refractivity contribution < 1.29 is 13.2 Å². The van der Waals surface area contributed by atoms with Crippen molar-refractivity contribution in [2.24, 2.45) is 0 Å². The molecule has 0 radical (unpaired) electrons. The van der Waals surface area contributed by atoms with Gasteiger partial charge in [0.05, 0.1) is 12.7 Å². The van der Waals surface area contributed by atoms with Crippen LogP contribution < -0.4 is 5.32 Å². The van der Waals surface area contributed by atoms with Crippen molar-refractivity contribution in [1.29, 1.82) is 0 Å². The molecule has 0 unspecified atom stereocenters. The zero-order valence-electron chi connectivity index (χ0n) is 12.3. The van der Waals surface area contributed by atoms with Gasteiger partial charge in [0.1, 0.15) is 5.82 Å². The van der Waals surface area contributed by atoms with Gasteiger partial charge in [0.15, 0.2) is 5.03 Å². The van der Waals surface area contributed by atoms with Crippen LogP contribution in [0.2, 0.25) is 0 Å². The maximum atomic E-state index is 12.4. The minimum Gasteiger partial charge on any atom is -0.355 e. The third-order valence-electron chi connectivity index (χ3n) is 3.37. The minimum absolute atomic E-state index is 0.0296. The second kappa shape index (κ2) is 6.54. The summed E-state index contributed by atoms with van der Waals surface area (Å²) in [6.45, 7) is 6.34. The number of aryl methyl sites for hydroxylation is 1. The molecule has 2 heterocycles. The Morgan fingerprint density at radius 3 is 2.57 bits per heavy atom. The Hall–Kier alpha value is -1.45. The van der Waals surface area contributed by atoms with Gasteiger partial charge in [-0.3, -0.25) is 9.69 Å². The van der Waals surface area contributed by atoms with Crippen LogP contribution >= 0.6 is 0 Å². The number of carbonyl (C=O) groups is 1. The predicted molar refractivity (Wildman–Crippen MR) is 77.2 cm³/mol. The third kappa shape index (κ3) is 3.80. The van der Waals surface area contributed by atoms with Gasteiger partial charge < -0.3 is 10.3 Å². The van der Waals surface area contributed by atoms with Crippen molar-refractivity contribution in [3.63, 3.8) is 0 Å². The molecule has 9 heteroatoms. The number of carbonyl (C=O) groups excluding carboxylic acids is 1. The number of amides is 1. The van der Waals surface area contributed by atoms with Crippen LogP contribution in [0.4, 0.5) is 0 Å². The first-order valence-electron chi connectivity index (χ1n) is 6.94. The Bertz CT molecular complexity index is 590. The number of aromatic nitrogens is 2. The van der Waals surface area contributed by atoms with Crippen molar-refractivity contribution in [1.82, 2.24) is 24.5 Å². The quantitative estimate of drug-likeness (QED) is 0.738. The van der Waals surface area contributed by atoms with E-state index in [0.29, 0.717) is 45.1 Å². The molecule has 118 valence electrons. The summed E-state index contributed by atoms with van der Waals surface area (Å²) in [5.41, 5.74) is 0. The van der Waals surface area contributed by atoms with E-state index in [1.807, 2.05) is 11.8 Å². The molecule has 2 rings (SSSR count). The van der Waals surface area contributed by atoms with Crippen molar-refractivity contribution >= 4 is 15.9 Å². The monoisotopic (exact) mass is 315 g/mol. The van der Waals surface area contributed by atoms with Gasteiger partial charge in [-0.25, -0.2) is 13.4 Å². The number of H-pyrrole nitrogens is 1. The van der Waals surface area contributed by atoms with Crippen LogP contribution in [0.3, 0.4) is 0 Å². The Labute approximate surface area is 124 Å².